The molecule has 3 nitrogen and oxygen atoms in total. The molecule has 0 atom stereocenters. The molecule has 70 valence electrons. The van der Waals surface area contributed by atoms with E-state index in [1.54, 1.807) is 0 Å². The minimum absolute atomic E-state index is 0.216. The Hall–Kier alpha value is -0.930. The van der Waals surface area contributed by atoms with Crippen LogP contribution in [0, 0.1) is 0 Å². The quantitative estimate of drug-likeness (QED) is 0.449. The predicted octanol–water partition coefficient (Wildman–Crippen LogP) is 2.50. The second-order valence-electron chi connectivity index (χ2n) is 2.40. The average molecular weight is 220 g/mol. The summed E-state index contributed by atoms with van der Waals surface area (Å²) in [5, 5.41) is 0.567. The van der Waals surface area contributed by atoms with Gasteiger partial charge in [0, 0.05) is 13.0 Å². The van der Waals surface area contributed by atoms with E-state index < -0.39 is 5.97 Å². The van der Waals surface area contributed by atoms with Gasteiger partial charge in [-0.15, -0.1) is 0 Å². The molecule has 0 unspecified atom stereocenters. The molecule has 0 spiro atoms. The number of ether oxygens (including phenoxy) is 1. The third-order valence-electron chi connectivity index (χ3n) is 1.30. The van der Waals surface area contributed by atoms with E-state index >= 15 is 0 Å². The normalized spacial score (nSPS) is 9.77. The average Bonchev–Trinajstić information content (AvgIpc) is 1.99. The van der Waals surface area contributed by atoms with Crippen LogP contribution in [0.2, 0.25) is 10.0 Å². The van der Waals surface area contributed by atoms with Gasteiger partial charge in [0.05, 0.1) is 15.7 Å². The number of hydrogen-bond donors (Lipinski definition) is 1. The first kappa shape index (κ1) is 10.2. The number of anilines is 1. The van der Waals surface area contributed by atoms with Crippen LogP contribution < -0.4 is 10.5 Å². The zero-order chi connectivity index (χ0) is 10.0. The minimum atomic E-state index is -0.456. The van der Waals surface area contributed by atoms with Gasteiger partial charge in [0.1, 0.15) is 0 Å². The highest BCUT2D eigenvalue weighted by molar-refractivity contribution is 6.36. The summed E-state index contributed by atoms with van der Waals surface area (Å²) >= 11 is 11.4. The van der Waals surface area contributed by atoms with Crippen molar-refractivity contribution >= 4 is 34.9 Å². The number of hydrogen-bond acceptors (Lipinski definition) is 3. The van der Waals surface area contributed by atoms with Crippen molar-refractivity contribution in [2.45, 2.75) is 6.92 Å². The summed E-state index contributed by atoms with van der Waals surface area (Å²) in [5.41, 5.74) is 5.81. The van der Waals surface area contributed by atoms with Gasteiger partial charge >= 0.3 is 5.97 Å². The molecule has 0 saturated carbocycles. The van der Waals surface area contributed by atoms with E-state index in [1.165, 1.54) is 19.1 Å². The first-order valence-corrected chi connectivity index (χ1v) is 4.19. The maximum absolute atomic E-state index is 10.6. The van der Waals surface area contributed by atoms with Crippen LogP contribution in [0.3, 0.4) is 0 Å². The molecule has 1 aromatic rings. The SMILES string of the molecule is CC(=O)Oc1cc(Cl)c(N)cc1Cl. The zero-order valence-corrected chi connectivity index (χ0v) is 8.32. The maximum Gasteiger partial charge on any atom is 0.308 e. The molecule has 5 heteroatoms. The van der Waals surface area contributed by atoms with E-state index in [4.69, 9.17) is 33.7 Å². The van der Waals surface area contributed by atoms with Crippen molar-refractivity contribution in [3.63, 3.8) is 0 Å². The number of nitrogens with two attached hydrogens (primary N) is 1. The summed E-state index contributed by atoms with van der Waals surface area (Å²) in [6, 6.07) is 2.84. The maximum atomic E-state index is 10.6. The smallest absolute Gasteiger partial charge is 0.308 e. The topological polar surface area (TPSA) is 52.3 Å². The molecular formula is C8H7Cl2NO2. The Kier molecular flexibility index (Phi) is 3.01. The molecule has 0 fully saturated rings. The van der Waals surface area contributed by atoms with Crippen LogP contribution in [0.5, 0.6) is 5.75 Å². The van der Waals surface area contributed by atoms with Crippen LogP contribution in [0.1, 0.15) is 6.92 Å². The molecule has 0 radical (unpaired) electrons. The number of benzene rings is 1. The molecule has 0 saturated heterocycles. The Bertz CT molecular complexity index is 352. The van der Waals surface area contributed by atoms with Crippen LogP contribution in [-0.4, -0.2) is 5.97 Å². The lowest BCUT2D eigenvalue weighted by atomic mass is 10.3. The Morgan fingerprint density at radius 1 is 1.38 bits per heavy atom. The summed E-state index contributed by atoms with van der Waals surface area (Å²) in [7, 11) is 0. The highest BCUT2D eigenvalue weighted by atomic mass is 35.5. The van der Waals surface area contributed by atoms with Crippen molar-refractivity contribution in [1.29, 1.82) is 0 Å². The standard InChI is InChI=1S/C8H7Cl2NO2/c1-4(12)13-8-3-5(9)7(11)2-6(8)10/h2-3H,11H2,1H3. The third-order valence-corrected chi connectivity index (χ3v) is 1.93. The van der Waals surface area contributed by atoms with Gasteiger partial charge in [-0.3, -0.25) is 4.79 Å². The van der Waals surface area contributed by atoms with Crippen LogP contribution in [0.15, 0.2) is 12.1 Å². The summed E-state index contributed by atoms with van der Waals surface area (Å²) in [6.07, 6.45) is 0. The van der Waals surface area contributed by atoms with Gasteiger partial charge in [-0.2, -0.15) is 0 Å². The van der Waals surface area contributed by atoms with Gasteiger partial charge in [0.2, 0.25) is 0 Å². The molecular weight excluding hydrogens is 213 g/mol. The van der Waals surface area contributed by atoms with Crippen LogP contribution in [0.4, 0.5) is 5.69 Å². The number of esters is 1. The molecule has 0 bridgehead atoms. The Morgan fingerprint density at radius 3 is 2.54 bits per heavy atom. The lowest BCUT2D eigenvalue weighted by molar-refractivity contribution is -0.131. The zero-order valence-electron chi connectivity index (χ0n) is 6.80. The second-order valence-corrected chi connectivity index (χ2v) is 3.21. The largest absolute Gasteiger partial charge is 0.425 e. The fourth-order valence-corrected chi connectivity index (χ4v) is 1.14. The van der Waals surface area contributed by atoms with Gasteiger partial charge in [-0.1, -0.05) is 23.2 Å². The first-order chi connectivity index (χ1) is 6.00. The van der Waals surface area contributed by atoms with Crippen molar-refractivity contribution in [3.8, 4) is 5.75 Å². The third kappa shape index (κ3) is 2.50. The molecule has 0 aromatic heterocycles. The van der Waals surface area contributed by atoms with Crippen molar-refractivity contribution < 1.29 is 9.53 Å². The minimum Gasteiger partial charge on any atom is -0.425 e. The fraction of sp³-hybridized carbons (Fsp3) is 0.125. The van der Waals surface area contributed by atoms with E-state index in [-0.39, 0.29) is 10.8 Å². The van der Waals surface area contributed by atoms with Crippen LogP contribution in [0.25, 0.3) is 0 Å². The Morgan fingerprint density at radius 2 is 2.00 bits per heavy atom. The molecule has 13 heavy (non-hydrogen) atoms. The fourth-order valence-electron chi connectivity index (χ4n) is 0.777. The number of carbonyl (C=O) groups is 1. The van der Waals surface area contributed by atoms with Crippen molar-refractivity contribution in [2.24, 2.45) is 0 Å². The molecule has 0 aliphatic rings. The van der Waals surface area contributed by atoms with E-state index in [2.05, 4.69) is 0 Å². The van der Waals surface area contributed by atoms with Gasteiger partial charge in [0.15, 0.2) is 5.75 Å². The molecule has 2 N–H and O–H groups in total. The van der Waals surface area contributed by atoms with Gasteiger partial charge < -0.3 is 10.5 Å². The lowest BCUT2D eigenvalue weighted by Crippen LogP contribution is -2.02. The van der Waals surface area contributed by atoms with Crippen LogP contribution >= 0.6 is 23.2 Å². The van der Waals surface area contributed by atoms with Gasteiger partial charge in [0.25, 0.3) is 0 Å². The highest BCUT2D eigenvalue weighted by Gasteiger charge is 2.07. The molecule has 1 aromatic carbocycles. The molecule has 1 rings (SSSR count). The number of carbonyl (C=O) groups excluding carboxylic acids is 1. The van der Waals surface area contributed by atoms with E-state index in [1.807, 2.05) is 0 Å². The van der Waals surface area contributed by atoms with E-state index in [0.717, 1.165) is 0 Å². The van der Waals surface area contributed by atoms with Crippen LogP contribution in [-0.2, 0) is 4.79 Å². The summed E-state index contributed by atoms with van der Waals surface area (Å²) in [6.45, 7) is 1.28. The van der Waals surface area contributed by atoms with Gasteiger partial charge in [-0.25, -0.2) is 0 Å². The second kappa shape index (κ2) is 3.85. The molecule has 0 heterocycles. The van der Waals surface area contributed by atoms with E-state index in [0.29, 0.717) is 10.7 Å². The van der Waals surface area contributed by atoms with E-state index in [9.17, 15) is 4.79 Å². The number of nitrogen functional groups attached to an aromatic ring is 1. The molecule has 0 aliphatic carbocycles. The monoisotopic (exact) mass is 219 g/mol. The molecule has 0 aliphatic heterocycles. The highest BCUT2D eigenvalue weighted by Crippen LogP contribution is 2.32. The first-order valence-electron chi connectivity index (χ1n) is 3.43. The van der Waals surface area contributed by atoms with Crippen molar-refractivity contribution in [1.82, 2.24) is 0 Å². The van der Waals surface area contributed by atoms with Crippen molar-refractivity contribution in [2.75, 3.05) is 5.73 Å². The summed E-state index contributed by atoms with van der Waals surface area (Å²) < 4.78 is 4.77. The Balaban J connectivity index is 3.08. The lowest BCUT2D eigenvalue weighted by Gasteiger charge is -2.05. The number of halogens is 2. The summed E-state index contributed by atoms with van der Waals surface area (Å²) in [4.78, 5) is 10.6. The summed E-state index contributed by atoms with van der Waals surface area (Å²) in [5.74, 6) is -0.240. The number of rotatable bonds is 1. The molecule has 0 amide bonds. The van der Waals surface area contributed by atoms with Gasteiger partial charge in [-0.05, 0) is 6.07 Å². The van der Waals surface area contributed by atoms with Crippen molar-refractivity contribution in [3.05, 3.63) is 22.2 Å². The Labute approximate surface area is 85.4 Å². The predicted molar refractivity (Wildman–Crippen MR) is 52.2 cm³/mol.